The first-order valence-corrected chi connectivity index (χ1v) is 9.74. The van der Waals surface area contributed by atoms with Gasteiger partial charge in [-0.1, -0.05) is 20.8 Å². The van der Waals surface area contributed by atoms with Gasteiger partial charge in [0.05, 0.1) is 12.5 Å². The molecular formula is C13H28N2O2Si. The Kier molecular flexibility index (Phi) is 4.97. The van der Waals surface area contributed by atoms with E-state index in [1.807, 2.05) is 4.90 Å². The summed E-state index contributed by atoms with van der Waals surface area (Å²) < 4.78 is 6.30. The van der Waals surface area contributed by atoms with Crippen molar-refractivity contribution in [1.82, 2.24) is 4.90 Å². The molecule has 1 unspecified atom stereocenters. The molecular weight excluding hydrogens is 244 g/mol. The molecule has 0 aromatic rings. The Bertz CT molecular complexity index is 300. The molecule has 4 nitrogen and oxygen atoms in total. The van der Waals surface area contributed by atoms with Crippen LogP contribution in [0.4, 0.5) is 0 Å². The molecule has 0 bridgehead atoms. The lowest BCUT2D eigenvalue weighted by Gasteiger charge is -2.41. The van der Waals surface area contributed by atoms with Crippen LogP contribution in [0.15, 0.2) is 0 Å². The molecule has 1 heterocycles. The summed E-state index contributed by atoms with van der Waals surface area (Å²) in [4.78, 5) is 13.8. The second-order valence-electron chi connectivity index (χ2n) is 6.66. The van der Waals surface area contributed by atoms with Crippen LogP contribution in [0, 0.1) is 0 Å². The van der Waals surface area contributed by atoms with Crippen molar-refractivity contribution in [2.24, 2.45) is 5.73 Å². The summed E-state index contributed by atoms with van der Waals surface area (Å²) in [6.45, 7) is 13.2. The fourth-order valence-electron chi connectivity index (χ4n) is 1.94. The SMILES string of the molecule is CC(C)(C)[Si](C)(C)OC1CCN(CCN)C(=O)C1. The number of hydrogen-bond donors (Lipinski definition) is 1. The third-order valence-corrected chi connectivity index (χ3v) is 8.68. The molecule has 1 amide bonds. The Labute approximate surface area is 112 Å². The van der Waals surface area contributed by atoms with Gasteiger partial charge in [0.25, 0.3) is 0 Å². The summed E-state index contributed by atoms with van der Waals surface area (Å²) in [5.74, 6) is 0.190. The molecule has 1 aliphatic rings. The number of rotatable bonds is 4. The molecule has 0 aliphatic carbocycles. The minimum Gasteiger partial charge on any atom is -0.413 e. The summed E-state index contributed by atoms with van der Waals surface area (Å²) in [7, 11) is -1.76. The van der Waals surface area contributed by atoms with E-state index in [1.54, 1.807) is 0 Å². The van der Waals surface area contributed by atoms with E-state index in [0.717, 1.165) is 13.0 Å². The van der Waals surface area contributed by atoms with E-state index in [0.29, 0.717) is 19.5 Å². The number of carbonyl (C=O) groups excluding carboxylic acids is 1. The van der Waals surface area contributed by atoms with Crippen molar-refractivity contribution in [2.75, 3.05) is 19.6 Å². The number of piperidine rings is 1. The topological polar surface area (TPSA) is 55.6 Å². The maximum absolute atomic E-state index is 11.9. The van der Waals surface area contributed by atoms with Gasteiger partial charge in [0, 0.05) is 19.6 Å². The van der Waals surface area contributed by atoms with E-state index >= 15 is 0 Å². The van der Waals surface area contributed by atoms with E-state index in [1.165, 1.54) is 0 Å². The van der Waals surface area contributed by atoms with E-state index < -0.39 is 8.32 Å². The highest BCUT2D eigenvalue weighted by Crippen LogP contribution is 2.38. The van der Waals surface area contributed by atoms with Gasteiger partial charge in [-0.05, 0) is 24.6 Å². The highest BCUT2D eigenvalue weighted by Gasteiger charge is 2.40. The van der Waals surface area contributed by atoms with Crippen LogP contribution in [0.25, 0.3) is 0 Å². The Morgan fingerprint density at radius 2 is 2.06 bits per heavy atom. The standard InChI is InChI=1S/C13H28N2O2Si/c1-13(2,3)18(4,5)17-11-6-8-15(9-7-14)12(16)10-11/h11H,6-10,14H2,1-5H3. The molecule has 5 heteroatoms. The normalized spacial score (nSPS) is 22.4. The van der Waals surface area contributed by atoms with Gasteiger partial charge in [-0.25, -0.2) is 0 Å². The summed E-state index contributed by atoms with van der Waals surface area (Å²) in [5, 5.41) is 0.199. The predicted molar refractivity (Wildman–Crippen MR) is 76.9 cm³/mol. The van der Waals surface area contributed by atoms with Gasteiger partial charge in [0.1, 0.15) is 0 Å². The van der Waals surface area contributed by atoms with E-state index in [2.05, 4.69) is 33.9 Å². The molecule has 1 rings (SSSR count). The first-order chi connectivity index (χ1) is 8.17. The fraction of sp³-hybridized carbons (Fsp3) is 0.923. The minimum absolute atomic E-state index is 0.104. The number of carbonyl (C=O) groups is 1. The smallest absolute Gasteiger partial charge is 0.225 e. The van der Waals surface area contributed by atoms with Crippen molar-refractivity contribution in [3.8, 4) is 0 Å². The van der Waals surface area contributed by atoms with Crippen molar-refractivity contribution in [2.45, 2.75) is 57.8 Å². The monoisotopic (exact) mass is 272 g/mol. The summed E-state index contributed by atoms with van der Waals surface area (Å²) in [5.41, 5.74) is 5.50. The Hall–Kier alpha value is -0.393. The van der Waals surface area contributed by atoms with Gasteiger partial charge in [0.2, 0.25) is 5.91 Å². The highest BCUT2D eigenvalue weighted by atomic mass is 28.4. The first-order valence-electron chi connectivity index (χ1n) is 6.83. The van der Waals surface area contributed by atoms with Crippen molar-refractivity contribution in [3.05, 3.63) is 0 Å². The van der Waals surface area contributed by atoms with E-state index in [9.17, 15) is 4.79 Å². The molecule has 0 saturated carbocycles. The lowest BCUT2D eigenvalue weighted by atomic mass is 10.1. The maximum atomic E-state index is 11.9. The molecule has 0 spiro atoms. The number of nitrogens with zero attached hydrogens (tertiary/aromatic N) is 1. The van der Waals surface area contributed by atoms with Gasteiger partial charge in [-0.15, -0.1) is 0 Å². The van der Waals surface area contributed by atoms with Gasteiger partial charge in [-0.3, -0.25) is 4.79 Å². The molecule has 1 aliphatic heterocycles. The molecule has 106 valence electrons. The molecule has 1 atom stereocenters. The lowest BCUT2D eigenvalue weighted by Crippen LogP contribution is -2.49. The predicted octanol–water partition coefficient (Wildman–Crippen LogP) is 1.96. The summed E-state index contributed by atoms with van der Waals surface area (Å²) in [6.07, 6.45) is 1.57. The van der Waals surface area contributed by atoms with Gasteiger partial charge in [-0.2, -0.15) is 0 Å². The van der Waals surface area contributed by atoms with Crippen LogP contribution in [-0.4, -0.2) is 44.9 Å². The van der Waals surface area contributed by atoms with Gasteiger partial charge in [0.15, 0.2) is 8.32 Å². The Morgan fingerprint density at radius 3 is 2.50 bits per heavy atom. The average Bonchev–Trinajstić information content (AvgIpc) is 2.20. The molecule has 0 aromatic heterocycles. The fourth-order valence-corrected chi connectivity index (χ4v) is 3.32. The van der Waals surface area contributed by atoms with Crippen LogP contribution < -0.4 is 5.73 Å². The number of amides is 1. The van der Waals surface area contributed by atoms with Crippen molar-refractivity contribution >= 4 is 14.2 Å². The van der Waals surface area contributed by atoms with Crippen LogP contribution in [0.1, 0.15) is 33.6 Å². The Morgan fingerprint density at radius 1 is 1.44 bits per heavy atom. The molecule has 0 radical (unpaired) electrons. The quantitative estimate of drug-likeness (QED) is 0.796. The number of nitrogens with two attached hydrogens (primary N) is 1. The first kappa shape index (κ1) is 15.7. The zero-order valence-corrected chi connectivity index (χ0v) is 13.5. The van der Waals surface area contributed by atoms with E-state index in [-0.39, 0.29) is 17.0 Å². The number of hydrogen-bond acceptors (Lipinski definition) is 3. The lowest BCUT2D eigenvalue weighted by molar-refractivity contribution is -0.136. The van der Waals surface area contributed by atoms with E-state index in [4.69, 9.17) is 10.2 Å². The largest absolute Gasteiger partial charge is 0.413 e. The van der Waals surface area contributed by atoms with Crippen LogP contribution in [-0.2, 0) is 9.22 Å². The second kappa shape index (κ2) is 5.71. The maximum Gasteiger partial charge on any atom is 0.225 e. The molecule has 2 N–H and O–H groups in total. The Balaban J connectivity index is 2.55. The van der Waals surface area contributed by atoms with Gasteiger partial charge < -0.3 is 15.1 Å². The third-order valence-electron chi connectivity index (χ3n) is 4.14. The second-order valence-corrected chi connectivity index (χ2v) is 11.4. The third kappa shape index (κ3) is 3.80. The van der Waals surface area contributed by atoms with Crippen LogP contribution >= 0.6 is 0 Å². The molecule has 18 heavy (non-hydrogen) atoms. The van der Waals surface area contributed by atoms with Crippen LogP contribution in [0.2, 0.25) is 18.1 Å². The zero-order chi connectivity index (χ0) is 14.0. The number of likely N-dealkylation sites (tertiary alicyclic amines) is 1. The van der Waals surface area contributed by atoms with Crippen molar-refractivity contribution in [1.29, 1.82) is 0 Å². The minimum atomic E-state index is -1.76. The van der Waals surface area contributed by atoms with Crippen LogP contribution in [0.5, 0.6) is 0 Å². The van der Waals surface area contributed by atoms with Crippen LogP contribution in [0.3, 0.4) is 0 Å². The molecule has 1 saturated heterocycles. The average molecular weight is 272 g/mol. The van der Waals surface area contributed by atoms with Crippen molar-refractivity contribution in [3.63, 3.8) is 0 Å². The summed E-state index contributed by atoms with van der Waals surface area (Å²) >= 11 is 0. The molecule has 0 aromatic carbocycles. The van der Waals surface area contributed by atoms with Crippen molar-refractivity contribution < 1.29 is 9.22 Å². The van der Waals surface area contributed by atoms with Gasteiger partial charge >= 0.3 is 0 Å². The zero-order valence-electron chi connectivity index (χ0n) is 12.5. The summed E-state index contributed by atoms with van der Waals surface area (Å²) in [6, 6.07) is 0. The molecule has 1 fully saturated rings. The highest BCUT2D eigenvalue weighted by molar-refractivity contribution is 6.74.